The zero-order chi connectivity index (χ0) is 39.4. The van der Waals surface area contributed by atoms with E-state index in [4.69, 9.17) is 19.7 Å². The lowest BCUT2D eigenvalue weighted by molar-refractivity contribution is -0.159. The van der Waals surface area contributed by atoms with E-state index in [2.05, 4.69) is 9.88 Å². The summed E-state index contributed by atoms with van der Waals surface area (Å²) in [6, 6.07) is 23.0. The highest BCUT2D eigenvalue weighted by Gasteiger charge is 2.71. The zero-order valence-corrected chi connectivity index (χ0v) is 32.9. The molecule has 6 atom stereocenters. The van der Waals surface area contributed by atoms with Crippen LogP contribution in [0.3, 0.4) is 0 Å². The van der Waals surface area contributed by atoms with Crippen molar-refractivity contribution < 1.29 is 40.8 Å². The lowest BCUT2D eigenvalue weighted by atomic mass is 10.1. The number of sulfonamides is 1. The summed E-state index contributed by atoms with van der Waals surface area (Å²) >= 11 is 0.839. The molecule has 2 aliphatic rings. The molecule has 53 heavy (non-hydrogen) atoms. The van der Waals surface area contributed by atoms with Gasteiger partial charge < -0.3 is 19.7 Å². The number of carbonyl (C=O) groups is 2. The van der Waals surface area contributed by atoms with Crippen LogP contribution in [0.4, 0.5) is 8.78 Å². The van der Waals surface area contributed by atoms with Gasteiger partial charge >= 0.3 is 17.9 Å². The van der Waals surface area contributed by atoms with E-state index in [-0.39, 0.29) is 33.6 Å². The molecule has 2 unspecified atom stereocenters. The lowest BCUT2D eigenvalue weighted by Gasteiger charge is -2.25. The van der Waals surface area contributed by atoms with E-state index in [1.165, 1.54) is 12.1 Å². The number of nitrogens with two attached hydrogens (primary N) is 1. The summed E-state index contributed by atoms with van der Waals surface area (Å²) in [4.78, 5) is 25.9. The van der Waals surface area contributed by atoms with Crippen LogP contribution >= 0.6 is 11.3 Å². The maximum atomic E-state index is 13.5. The first-order chi connectivity index (χ1) is 24.4. The third kappa shape index (κ3) is 8.40. The fraction of sp³-hybridized carbons (Fsp3) is 0.462. The fourth-order valence-corrected chi connectivity index (χ4v) is 9.32. The number of halogens is 2. The summed E-state index contributed by atoms with van der Waals surface area (Å²) in [5, 5.41) is 3.63. The number of alkyl halides is 2. The molecule has 0 bridgehead atoms. The second-order valence-corrected chi connectivity index (χ2v) is 18.8. The van der Waals surface area contributed by atoms with Crippen LogP contribution in [0.1, 0.15) is 91.0 Å². The van der Waals surface area contributed by atoms with Gasteiger partial charge in [-0.05, 0) is 76.6 Å². The molecule has 6 rings (SSSR count). The molecule has 2 fully saturated rings. The number of hydrogen-bond donors (Lipinski definition) is 2. The highest BCUT2D eigenvalue weighted by Crippen LogP contribution is 2.59. The Bertz CT molecular complexity index is 2050. The smallest absolute Gasteiger partial charge is 0.328 e. The van der Waals surface area contributed by atoms with Crippen molar-refractivity contribution in [1.29, 1.82) is 0 Å². The van der Waals surface area contributed by atoms with Crippen molar-refractivity contribution >= 4 is 33.3 Å². The molecule has 14 heteroatoms. The van der Waals surface area contributed by atoms with Crippen LogP contribution in [0, 0.1) is 11.8 Å². The zero-order valence-electron chi connectivity index (χ0n) is 31.3. The predicted octanol–water partition coefficient (Wildman–Crippen LogP) is 7.77. The molecule has 2 aliphatic carbocycles. The van der Waals surface area contributed by atoms with Gasteiger partial charge in [0.1, 0.15) is 32.2 Å². The van der Waals surface area contributed by atoms with Crippen molar-refractivity contribution in [3.8, 4) is 10.6 Å². The summed E-state index contributed by atoms with van der Waals surface area (Å²) in [7, 11) is -4.18. The number of benzene rings is 2. The van der Waals surface area contributed by atoms with Gasteiger partial charge in [-0.3, -0.25) is 4.79 Å². The molecule has 4 aromatic rings. The molecule has 3 N–H and O–H groups in total. The molecule has 0 radical (unpaired) electrons. The Morgan fingerprint density at radius 1 is 0.811 bits per heavy atom. The number of carbonyl (C=O) groups excluding carboxylic acids is 2. The van der Waals surface area contributed by atoms with Crippen molar-refractivity contribution in [3.05, 3.63) is 95.7 Å². The van der Waals surface area contributed by atoms with Crippen LogP contribution in [0.25, 0.3) is 10.6 Å². The maximum Gasteiger partial charge on any atom is 0.328 e. The molecule has 10 nitrogen and oxygen atoms in total. The van der Waals surface area contributed by atoms with Gasteiger partial charge in [0.05, 0.1) is 4.88 Å². The van der Waals surface area contributed by atoms with Gasteiger partial charge in [0.15, 0.2) is 0 Å². The van der Waals surface area contributed by atoms with Crippen LogP contribution in [0.5, 0.6) is 0 Å². The van der Waals surface area contributed by atoms with Crippen LogP contribution in [0.2, 0.25) is 0 Å². The number of aromatic nitrogens is 1. The molecule has 2 aromatic heterocycles. The number of rotatable bonds is 9. The summed E-state index contributed by atoms with van der Waals surface area (Å²) < 4.78 is 72.1. The minimum Gasteiger partial charge on any atom is -0.459 e. The van der Waals surface area contributed by atoms with Crippen molar-refractivity contribution in [2.24, 2.45) is 17.6 Å². The molecule has 0 saturated heterocycles. The van der Waals surface area contributed by atoms with E-state index >= 15 is 0 Å². The Labute approximate surface area is 313 Å². The van der Waals surface area contributed by atoms with E-state index in [9.17, 15) is 26.8 Å². The largest absolute Gasteiger partial charge is 0.459 e. The fourth-order valence-electron chi connectivity index (χ4n) is 6.61. The second-order valence-electron chi connectivity index (χ2n) is 15.8. The molecule has 2 saturated carbocycles. The molecule has 2 heterocycles. The Morgan fingerprint density at radius 2 is 1.32 bits per heavy atom. The summed E-state index contributed by atoms with van der Waals surface area (Å²) in [6.07, 6.45) is 0. The first-order valence-corrected chi connectivity index (χ1v) is 19.6. The average molecular weight is 772 g/mol. The molecule has 0 aliphatic heterocycles. The van der Waals surface area contributed by atoms with E-state index < -0.39 is 55.9 Å². The normalized spacial score (nSPS) is 25.5. The van der Waals surface area contributed by atoms with Crippen molar-refractivity contribution in [2.75, 3.05) is 0 Å². The van der Waals surface area contributed by atoms with Gasteiger partial charge in [0.25, 0.3) is 10.0 Å². The number of esters is 2. The molecule has 286 valence electrons. The highest BCUT2D eigenvalue weighted by atomic mass is 32.2. The summed E-state index contributed by atoms with van der Waals surface area (Å²) in [5.41, 5.74) is 4.60. The number of ether oxygens (including phenoxy) is 2. The summed E-state index contributed by atoms with van der Waals surface area (Å²) in [6.45, 7) is 15.2. The monoisotopic (exact) mass is 771 g/mol. The molecule has 2 aromatic carbocycles. The first kappa shape index (κ1) is 40.2. The van der Waals surface area contributed by atoms with Crippen LogP contribution in [-0.4, -0.2) is 47.8 Å². The first-order valence-electron chi connectivity index (χ1n) is 17.3. The van der Waals surface area contributed by atoms with Crippen molar-refractivity contribution in [3.63, 3.8) is 0 Å². The minimum absolute atomic E-state index is 0.0635. The van der Waals surface area contributed by atoms with Gasteiger partial charge in [-0.15, -0.1) is 11.3 Å². The summed E-state index contributed by atoms with van der Waals surface area (Å²) in [5.74, 6) is -5.38. The van der Waals surface area contributed by atoms with Gasteiger partial charge in [-0.25, -0.2) is 13.2 Å². The average Bonchev–Trinajstić information content (AvgIpc) is 3.53. The molecule has 0 spiro atoms. The van der Waals surface area contributed by atoms with E-state index in [0.29, 0.717) is 11.8 Å². The van der Waals surface area contributed by atoms with Crippen LogP contribution < -0.4 is 10.5 Å². The van der Waals surface area contributed by atoms with Crippen molar-refractivity contribution in [2.45, 2.75) is 107 Å². The maximum absolute atomic E-state index is 13.5. The van der Waals surface area contributed by atoms with Gasteiger partial charge in [0.2, 0.25) is 5.76 Å². The Hall–Kier alpha value is -3.98. The third-order valence-corrected chi connectivity index (χ3v) is 12.5. The molecule has 0 amide bonds. The van der Waals surface area contributed by atoms with E-state index in [1.54, 1.807) is 27.7 Å². The molecular formula is C39H47F2N3O7S2. The number of hydrogen-bond acceptors (Lipinski definition) is 10. The number of nitrogens with zero attached hydrogens (tertiary/aromatic N) is 1. The topological polar surface area (TPSA) is 151 Å². The third-order valence-electron chi connectivity index (χ3n) is 9.41. The standard InChI is InChI=1S/C24H26F2N2O5S2.C15H21NO2/c1-14-20(15-9-7-6-8-10-15)24(14,21(29)32-22(2,3)4)28-35(30,31)19-12-11-17(34-19)16-13-18(33-27-16)23(5,25)26;1-10-12(11-8-6-5-7-9-11)15(10,16)13(17)18-14(2,3)4/h6-14,20,28H,1-5H3;5-10,12H,16H2,1-4H3/t14-,20?,24-;10-,12?,15-/m00/s1. The lowest BCUT2D eigenvalue weighted by Crippen LogP contribution is -2.48. The quantitative estimate of drug-likeness (QED) is 0.163. The van der Waals surface area contributed by atoms with Gasteiger partial charge in [0, 0.05) is 24.8 Å². The molecular weight excluding hydrogens is 725 g/mol. The van der Waals surface area contributed by atoms with Crippen LogP contribution in [0.15, 0.2) is 87.6 Å². The Kier molecular flexibility index (Phi) is 10.6. The SMILES string of the molecule is C[C@H]1C(c2ccccc2)[C@]1(N)C(=O)OC(C)(C)C.C[C@H]1C(c2ccccc2)[C@]1(NS(=O)(=O)c1ccc(-c2cc(C(C)(F)F)on2)s1)C(=O)OC(C)(C)C. The Morgan fingerprint density at radius 3 is 1.81 bits per heavy atom. The van der Waals surface area contributed by atoms with Gasteiger partial charge in [-0.2, -0.15) is 13.5 Å². The van der Waals surface area contributed by atoms with Crippen LogP contribution in [-0.2, 0) is 35.0 Å². The predicted molar refractivity (Wildman–Crippen MR) is 198 cm³/mol. The Balaban J connectivity index is 0.000000252. The number of nitrogens with one attached hydrogen (secondary N) is 1. The number of thiophene rings is 1. The van der Waals surface area contributed by atoms with Crippen molar-refractivity contribution in [1.82, 2.24) is 9.88 Å². The van der Waals surface area contributed by atoms with E-state index in [1.807, 2.05) is 88.4 Å². The highest BCUT2D eigenvalue weighted by molar-refractivity contribution is 7.91. The van der Waals surface area contributed by atoms with Gasteiger partial charge in [-0.1, -0.05) is 79.7 Å². The minimum atomic E-state index is -4.18. The van der Waals surface area contributed by atoms with E-state index in [0.717, 1.165) is 28.5 Å². The second kappa shape index (κ2) is 14.0.